The van der Waals surface area contributed by atoms with E-state index in [1.807, 2.05) is 19.1 Å². The molecule has 2 aromatic rings. The van der Waals surface area contributed by atoms with Crippen LogP contribution in [0.4, 0.5) is 0 Å². The van der Waals surface area contributed by atoms with Gasteiger partial charge in [-0.2, -0.15) is 0 Å². The molecule has 0 bridgehead atoms. The first kappa shape index (κ1) is 17.8. The molecule has 134 valence electrons. The van der Waals surface area contributed by atoms with E-state index in [0.717, 1.165) is 24.5 Å². The van der Waals surface area contributed by atoms with Crippen molar-refractivity contribution < 1.29 is 9.53 Å². The van der Waals surface area contributed by atoms with Gasteiger partial charge in [-0.05, 0) is 18.6 Å². The van der Waals surface area contributed by atoms with Crippen molar-refractivity contribution in [3.63, 3.8) is 0 Å². The fourth-order valence-electron chi connectivity index (χ4n) is 2.70. The molecule has 25 heavy (non-hydrogen) atoms. The maximum atomic E-state index is 12.8. The highest BCUT2D eigenvalue weighted by Gasteiger charge is 2.28. The van der Waals surface area contributed by atoms with Crippen molar-refractivity contribution in [3.8, 4) is 0 Å². The molecule has 9 heteroatoms. The fourth-order valence-corrected chi connectivity index (χ4v) is 3.40. The molecule has 0 saturated carbocycles. The smallest absolute Gasteiger partial charge is 0.242 e. The van der Waals surface area contributed by atoms with E-state index in [1.165, 1.54) is 11.8 Å². The summed E-state index contributed by atoms with van der Waals surface area (Å²) in [6, 6.07) is 3.46. The Hall–Kier alpha value is -1.97. The number of thioether (sulfide) groups is 1. The van der Waals surface area contributed by atoms with Gasteiger partial charge in [0.1, 0.15) is 11.9 Å². The second-order valence-electron chi connectivity index (χ2n) is 5.68. The van der Waals surface area contributed by atoms with Crippen LogP contribution in [0.15, 0.2) is 29.7 Å². The Bertz CT molecular complexity index is 674. The molecular formula is C16H22N6O2S. The molecule has 1 atom stereocenters. The van der Waals surface area contributed by atoms with Gasteiger partial charge in [-0.25, -0.2) is 4.98 Å². The molecule has 1 saturated heterocycles. The molecule has 1 fully saturated rings. The first-order valence-corrected chi connectivity index (χ1v) is 9.24. The van der Waals surface area contributed by atoms with E-state index in [1.54, 1.807) is 12.4 Å². The largest absolute Gasteiger partial charge is 0.379 e. The summed E-state index contributed by atoms with van der Waals surface area (Å²) in [6.07, 6.45) is 3.47. The molecule has 0 aromatic carbocycles. The van der Waals surface area contributed by atoms with Crippen molar-refractivity contribution in [3.05, 3.63) is 35.9 Å². The molecule has 0 spiro atoms. The summed E-state index contributed by atoms with van der Waals surface area (Å²) in [5.74, 6) is 1.49. The van der Waals surface area contributed by atoms with Crippen molar-refractivity contribution in [2.24, 2.45) is 0 Å². The van der Waals surface area contributed by atoms with Crippen molar-refractivity contribution in [2.75, 3.05) is 38.6 Å². The average molecular weight is 362 g/mol. The number of pyridine rings is 1. The normalized spacial score (nSPS) is 16.5. The standard InChI is InChI=1S/C16H22N6O2S/c1-12-19-16(21-20-12)25-10-5-18-15(23)14(13-3-2-4-17-11-13)22-6-8-24-9-7-22/h2-4,11,14H,5-10H2,1H3,(H,18,23)(H,19,20,21)/t14-/m1/s1. The number of amides is 1. The number of hydrogen-bond donors (Lipinski definition) is 2. The van der Waals surface area contributed by atoms with Crippen molar-refractivity contribution in [1.29, 1.82) is 0 Å². The Kier molecular flexibility index (Phi) is 6.37. The molecular weight excluding hydrogens is 340 g/mol. The highest BCUT2D eigenvalue weighted by Crippen LogP contribution is 2.21. The molecule has 1 aliphatic rings. The van der Waals surface area contributed by atoms with Crippen LogP contribution in [-0.4, -0.2) is 69.6 Å². The lowest BCUT2D eigenvalue weighted by molar-refractivity contribution is -0.128. The van der Waals surface area contributed by atoms with E-state index in [-0.39, 0.29) is 11.9 Å². The average Bonchev–Trinajstić information content (AvgIpc) is 3.06. The van der Waals surface area contributed by atoms with Gasteiger partial charge >= 0.3 is 0 Å². The zero-order valence-corrected chi connectivity index (χ0v) is 15.0. The number of hydrogen-bond acceptors (Lipinski definition) is 7. The first-order valence-electron chi connectivity index (χ1n) is 8.25. The van der Waals surface area contributed by atoms with E-state index in [9.17, 15) is 4.79 Å². The lowest BCUT2D eigenvalue weighted by atomic mass is 10.1. The minimum atomic E-state index is -0.339. The maximum Gasteiger partial charge on any atom is 0.242 e. The van der Waals surface area contributed by atoms with Crippen LogP contribution < -0.4 is 5.32 Å². The number of nitrogens with one attached hydrogen (secondary N) is 2. The number of carbonyl (C=O) groups excluding carboxylic acids is 1. The van der Waals surface area contributed by atoms with Gasteiger partial charge in [-0.3, -0.25) is 19.8 Å². The third-order valence-electron chi connectivity index (χ3n) is 3.87. The second-order valence-corrected chi connectivity index (χ2v) is 6.74. The Morgan fingerprint density at radius 3 is 3.00 bits per heavy atom. The second kappa shape index (κ2) is 8.93. The Morgan fingerprint density at radius 1 is 1.48 bits per heavy atom. The summed E-state index contributed by atoms with van der Waals surface area (Å²) in [5.41, 5.74) is 0.902. The molecule has 3 rings (SSSR count). The minimum absolute atomic E-state index is 0.0123. The van der Waals surface area contributed by atoms with E-state index in [2.05, 4.69) is 30.4 Å². The number of carbonyl (C=O) groups is 1. The lowest BCUT2D eigenvalue weighted by Crippen LogP contribution is -2.46. The van der Waals surface area contributed by atoms with Crippen LogP contribution in [0.3, 0.4) is 0 Å². The van der Waals surface area contributed by atoms with Crippen LogP contribution in [0.1, 0.15) is 17.4 Å². The molecule has 0 unspecified atom stereocenters. The van der Waals surface area contributed by atoms with Crippen LogP contribution in [0.5, 0.6) is 0 Å². The van der Waals surface area contributed by atoms with Crippen LogP contribution in [-0.2, 0) is 9.53 Å². The fraction of sp³-hybridized carbons (Fsp3) is 0.500. The van der Waals surface area contributed by atoms with Gasteiger partial charge in [0.25, 0.3) is 0 Å². The number of aryl methyl sites for hydroxylation is 1. The maximum absolute atomic E-state index is 12.8. The van der Waals surface area contributed by atoms with E-state index in [0.29, 0.717) is 30.7 Å². The summed E-state index contributed by atoms with van der Waals surface area (Å²) in [7, 11) is 0. The zero-order valence-electron chi connectivity index (χ0n) is 14.1. The number of morpholine rings is 1. The Morgan fingerprint density at radius 2 is 2.32 bits per heavy atom. The van der Waals surface area contributed by atoms with Crippen LogP contribution >= 0.6 is 11.8 Å². The molecule has 1 amide bonds. The van der Waals surface area contributed by atoms with E-state index in [4.69, 9.17) is 4.74 Å². The predicted molar refractivity (Wildman–Crippen MR) is 94.2 cm³/mol. The van der Waals surface area contributed by atoms with Crippen molar-refractivity contribution in [2.45, 2.75) is 18.1 Å². The minimum Gasteiger partial charge on any atom is -0.379 e. The molecule has 8 nitrogen and oxygen atoms in total. The number of nitrogens with zero attached hydrogens (tertiary/aromatic N) is 4. The quantitative estimate of drug-likeness (QED) is 0.555. The van der Waals surface area contributed by atoms with Crippen LogP contribution in [0.25, 0.3) is 0 Å². The predicted octanol–water partition coefficient (Wildman–Crippen LogP) is 0.790. The summed E-state index contributed by atoms with van der Waals surface area (Å²) in [5, 5.41) is 10.6. The zero-order chi connectivity index (χ0) is 17.5. The van der Waals surface area contributed by atoms with Gasteiger partial charge in [-0.1, -0.05) is 17.8 Å². The summed E-state index contributed by atoms with van der Waals surface area (Å²) >= 11 is 1.51. The lowest BCUT2D eigenvalue weighted by Gasteiger charge is -2.33. The van der Waals surface area contributed by atoms with Crippen LogP contribution in [0, 0.1) is 6.92 Å². The third kappa shape index (κ3) is 5.00. The monoisotopic (exact) mass is 362 g/mol. The summed E-state index contributed by atoms with van der Waals surface area (Å²) in [6.45, 7) is 5.17. The van der Waals surface area contributed by atoms with Crippen molar-refractivity contribution in [1.82, 2.24) is 30.4 Å². The molecule has 0 aliphatic carbocycles. The van der Waals surface area contributed by atoms with Gasteiger partial charge in [-0.15, -0.1) is 5.10 Å². The first-order chi connectivity index (χ1) is 12.2. The molecule has 2 N–H and O–H groups in total. The third-order valence-corrected chi connectivity index (χ3v) is 4.72. The van der Waals surface area contributed by atoms with Crippen LogP contribution in [0.2, 0.25) is 0 Å². The van der Waals surface area contributed by atoms with Gasteiger partial charge in [0.2, 0.25) is 11.1 Å². The SMILES string of the molecule is Cc1nc(SCCNC(=O)[C@@H](c2cccnc2)N2CCOCC2)n[nH]1. The van der Waals surface area contributed by atoms with Gasteiger partial charge in [0, 0.05) is 37.8 Å². The molecule has 0 radical (unpaired) electrons. The molecule has 1 aliphatic heterocycles. The van der Waals surface area contributed by atoms with E-state index < -0.39 is 0 Å². The number of rotatable bonds is 7. The number of aromatic nitrogens is 4. The van der Waals surface area contributed by atoms with E-state index >= 15 is 0 Å². The number of aromatic amines is 1. The molecule has 3 heterocycles. The van der Waals surface area contributed by atoms with Gasteiger partial charge in [0.05, 0.1) is 13.2 Å². The number of ether oxygens (including phenoxy) is 1. The van der Waals surface area contributed by atoms with Gasteiger partial charge in [0.15, 0.2) is 0 Å². The molecule has 2 aromatic heterocycles. The summed E-state index contributed by atoms with van der Waals surface area (Å²) < 4.78 is 5.41. The highest BCUT2D eigenvalue weighted by atomic mass is 32.2. The summed E-state index contributed by atoms with van der Waals surface area (Å²) in [4.78, 5) is 23.3. The Labute approximate surface area is 150 Å². The Balaban J connectivity index is 1.57. The number of H-pyrrole nitrogens is 1. The highest BCUT2D eigenvalue weighted by molar-refractivity contribution is 7.99. The van der Waals surface area contributed by atoms with Gasteiger partial charge < -0.3 is 10.1 Å². The van der Waals surface area contributed by atoms with Crippen molar-refractivity contribution >= 4 is 17.7 Å². The topological polar surface area (TPSA) is 96.0 Å².